The maximum absolute atomic E-state index is 10.9. The third-order valence-electron chi connectivity index (χ3n) is 4.47. The largest absolute Gasteiger partial charge is 0.490 e. The first-order valence-electron chi connectivity index (χ1n) is 9.19. The molecule has 0 radical (unpaired) electrons. The highest BCUT2D eigenvalue weighted by atomic mass is 16.5. The van der Waals surface area contributed by atoms with Crippen molar-refractivity contribution >= 4 is 6.29 Å². The highest BCUT2D eigenvalue weighted by molar-refractivity contribution is 5.76. The highest BCUT2D eigenvalue weighted by Gasteiger charge is 2.20. The van der Waals surface area contributed by atoms with Gasteiger partial charge in [0.1, 0.15) is 6.29 Å². The van der Waals surface area contributed by atoms with E-state index in [1.54, 1.807) is 12.1 Å². The average molecular weight is 333 g/mol. The van der Waals surface area contributed by atoms with Crippen LogP contribution in [0.1, 0.15) is 50.4 Å². The van der Waals surface area contributed by atoms with Gasteiger partial charge in [-0.2, -0.15) is 0 Å². The van der Waals surface area contributed by atoms with Crippen molar-refractivity contribution in [3.05, 3.63) is 23.8 Å². The van der Waals surface area contributed by atoms with Gasteiger partial charge in [-0.3, -0.25) is 4.79 Å². The molecule has 0 saturated carbocycles. The van der Waals surface area contributed by atoms with Crippen LogP contribution in [0.3, 0.4) is 0 Å². The van der Waals surface area contributed by atoms with E-state index in [0.29, 0.717) is 24.5 Å². The standard InChI is InChI=1S/C20H31NO3/c1-4-23-20-12-18(15-22)7-8-19(20)24-10-6-5-9-21-13-16(2)11-17(3)14-21/h7-8,12,15-17H,4-6,9-11,13-14H2,1-3H3/t16-,17+. The van der Waals surface area contributed by atoms with Gasteiger partial charge in [0.05, 0.1) is 13.2 Å². The van der Waals surface area contributed by atoms with E-state index in [-0.39, 0.29) is 0 Å². The Morgan fingerprint density at radius 1 is 1.12 bits per heavy atom. The Morgan fingerprint density at radius 2 is 1.88 bits per heavy atom. The third kappa shape index (κ3) is 5.82. The van der Waals surface area contributed by atoms with Gasteiger partial charge >= 0.3 is 0 Å². The zero-order chi connectivity index (χ0) is 17.4. The number of carbonyl (C=O) groups excluding carboxylic acids is 1. The van der Waals surface area contributed by atoms with Crippen LogP contribution in [0.25, 0.3) is 0 Å². The Kier molecular flexibility index (Phi) is 7.57. The SMILES string of the molecule is CCOc1cc(C=O)ccc1OCCCCN1C[C@H](C)C[C@H](C)C1. The molecule has 2 rings (SSSR count). The molecule has 4 nitrogen and oxygen atoms in total. The van der Waals surface area contributed by atoms with E-state index in [1.165, 1.54) is 19.5 Å². The molecule has 1 aromatic carbocycles. The summed E-state index contributed by atoms with van der Waals surface area (Å²) in [6.07, 6.45) is 4.36. The summed E-state index contributed by atoms with van der Waals surface area (Å²) in [6.45, 7) is 11.5. The first-order chi connectivity index (χ1) is 11.6. The fourth-order valence-corrected chi connectivity index (χ4v) is 3.58. The van der Waals surface area contributed by atoms with Crippen molar-refractivity contribution in [2.75, 3.05) is 32.8 Å². The summed E-state index contributed by atoms with van der Waals surface area (Å²) in [5, 5.41) is 0. The lowest BCUT2D eigenvalue weighted by molar-refractivity contribution is 0.112. The highest BCUT2D eigenvalue weighted by Crippen LogP contribution is 2.28. The van der Waals surface area contributed by atoms with Gasteiger partial charge in [-0.25, -0.2) is 0 Å². The normalized spacial score (nSPS) is 21.5. The summed E-state index contributed by atoms with van der Waals surface area (Å²) in [4.78, 5) is 13.5. The number of likely N-dealkylation sites (tertiary alicyclic amines) is 1. The Morgan fingerprint density at radius 3 is 2.54 bits per heavy atom. The molecule has 1 fully saturated rings. The molecule has 4 heteroatoms. The zero-order valence-corrected chi connectivity index (χ0v) is 15.3. The lowest BCUT2D eigenvalue weighted by atomic mass is 9.92. The maximum Gasteiger partial charge on any atom is 0.161 e. The van der Waals surface area contributed by atoms with Crippen molar-refractivity contribution in [3.63, 3.8) is 0 Å². The number of rotatable bonds is 9. The molecule has 1 aliphatic heterocycles. The van der Waals surface area contributed by atoms with Crippen LogP contribution in [0.15, 0.2) is 18.2 Å². The molecular formula is C20H31NO3. The Labute approximate surface area is 146 Å². The van der Waals surface area contributed by atoms with Crippen molar-refractivity contribution in [1.82, 2.24) is 4.90 Å². The number of hydrogen-bond acceptors (Lipinski definition) is 4. The molecular weight excluding hydrogens is 302 g/mol. The van der Waals surface area contributed by atoms with E-state index in [2.05, 4.69) is 18.7 Å². The van der Waals surface area contributed by atoms with Crippen molar-refractivity contribution in [2.45, 2.75) is 40.0 Å². The van der Waals surface area contributed by atoms with Crippen LogP contribution in [0.4, 0.5) is 0 Å². The molecule has 24 heavy (non-hydrogen) atoms. The fourth-order valence-electron chi connectivity index (χ4n) is 3.58. The second-order valence-electron chi connectivity index (χ2n) is 7.02. The molecule has 0 unspecified atom stereocenters. The van der Waals surface area contributed by atoms with Crippen LogP contribution in [0, 0.1) is 11.8 Å². The molecule has 0 amide bonds. The molecule has 0 N–H and O–H groups in total. The molecule has 134 valence electrons. The third-order valence-corrected chi connectivity index (χ3v) is 4.47. The minimum absolute atomic E-state index is 0.560. The predicted molar refractivity (Wildman–Crippen MR) is 97.1 cm³/mol. The number of nitrogens with zero attached hydrogens (tertiary/aromatic N) is 1. The van der Waals surface area contributed by atoms with Crippen molar-refractivity contribution in [1.29, 1.82) is 0 Å². The van der Waals surface area contributed by atoms with E-state index < -0.39 is 0 Å². The van der Waals surface area contributed by atoms with Gasteiger partial charge in [0.2, 0.25) is 0 Å². The Bertz CT molecular complexity index is 508. The molecule has 2 atom stereocenters. The van der Waals surface area contributed by atoms with Gasteiger partial charge in [0, 0.05) is 18.7 Å². The van der Waals surface area contributed by atoms with Crippen molar-refractivity contribution < 1.29 is 14.3 Å². The van der Waals surface area contributed by atoms with Crippen LogP contribution < -0.4 is 9.47 Å². The molecule has 1 heterocycles. The van der Waals surface area contributed by atoms with Crippen LogP contribution in [0.2, 0.25) is 0 Å². The second-order valence-corrected chi connectivity index (χ2v) is 7.02. The van der Waals surface area contributed by atoms with Crippen molar-refractivity contribution in [2.24, 2.45) is 11.8 Å². The van der Waals surface area contributed by atoms with E-state index in [1.807, 2.05) is 13.0 Å². The van der Waals surface area contributed by atoms with E-state index >= 15 is 0 Å². The summed E-state index contributed by atoms with van der Waals surface area (Å²) in [5.74, 6) is 3.01. The lowest BCUT2D eigenvalue weighted by Crippen LogP contribution is -2.39. The monoisotopic (exact) mass is 333 g/mol. The van der Waals surface area contributed by atoms with Gasteiger partial charge < -0.3 is 14.4 Å². The first-order valence-corrected chi connectivity index (χ1v) is 9.19. The average Bonchev–Trinajstić information content (AvgIpc) is 2.55. The smallest absolute Gasteiger partial charge is 0.161 e. The number of carbonyl (C=O) groups is 1. The molecule has 0 bridgehead atoms. The molecule has 1 aromatic rings. The van der Waals surface area contributed by atoms with Gasteiger partial charge in [0.15, 0.2) is 11.5 Å². The fraction of sp³-hybridized carbons (Fsp3) is 0.650. The second kappa shape index (κ2) is 9.67. The summed E-state index contributed by atoms with van der Waals surface area (Å²) in [5.41, 5.74) is 0.610. The number of hydrogen-bond donors (Lipinski definition) is 0. The summed E-state index contributed by atoms with van der Waals surface area (Å²) < 4.78 is 11.4. The van der Waals surface area contributed by atoms with E-state index in [0.717, 1.165) is 43.3 Å². The predicted octanol–water partition coefficient (Wildman–Crippen LogP) is 4.03. The van der Waals surface area contributed by atoms with Crippen LogP contribution in [-0.4, -0.2) is 44.0 Å². The molecule has 0 aliphatic carbocycles. The summed E-state index contributed by atoms with van der Waals surface area (Å²) >= 11 is 0. The Balaban J connectivity index is 1.73. The van der Waals surface area contributed by atoms with Gasteiger partial charge in [-0.05, 0) is 62.8 Å². The summed E-state index contributed by atoms with van der Waals surface area (Å²) in [6, 6.07) is 5.33. The zero-order valence-electron chi connectivity index (χ0n) is 15.3. The van der Waals surface area contributed by atoms with Crippen molar-refractivity contribution in [3.8, 4) is 11.5 Å². The van der Waals surface area contributed by atoms with Gasteiger partial charge in [-0.15, -0.1) is 0 Å². The number of piperidine rings is 1. The molecule has 0 aromatic heterocycles. The topological polar surface area (TPSA) is 38.8 Å². The van der Waals surface area contributed by atoms with Gasteiger partial charge in [0.25, 0.3) is 0 Å². The quantitative estimate of drug-likeness (QED) is 0.505. The first kappa shape index (κ1) is 18.8. The lowest BCUT2D eigenvalue weighted by Gasteiger charge is -2.34. The molecule has 1 aliphatic rings. The molecule has 1 saturated heterocycles. The Hall–Kier alpha value is -1.55. The van der Waals surface area contributed by atoms with Crippen LogP contribution >= 0.6 is 0 Å². The van der Waals surface area contributed by atoms with E-state index in [9.17, 15) is 4.79 Å². The number of aldehydes is 1. The maximum atomic E-state index is 10.9. The number of benzene rings is 1. The van der Waals surface area contributed by atoms with Gasteiger partial charge in [-0.1, -0.05) is 13.8 Å². The van der Waals surface area contributed by atoms with Crippen LogP contribution in [0.5, 0.6) is 11.5 Å². The number of unbranched alkanes of at least 4 members (excludes halogenated alkanes) is 1. The molecule has 0 spiro atoms. The minimum atomic E-state index is 0.560. The summed E-state index contributed by atoms with van der Waals surface area (Å²) in [7, 11) is 0. The van der Waals surface area contributed by atoms with Crippen LogP contribution in [-0.2, 0) is 0 Å². The van der Waals surface area contributed by atoms with E-state index in [4.69, 9.17) is 9.47 Å². The minimum Gasteiger partial charge on any atom is -0.490 e. The number of ether oxygens (including phenoxy) is 2.